The van der Waals surface area contributed by atoms with E-state index >= 15 is 0 Å². The number of imidazole rings is 1. The van der Waals surface area contributed by atoms with Crippen molar-refractivity contribution >= 4 is 17.1 Å². The van der Waals surface area contributed by atoms with Crippen LogP contribution in [0.3, 0.4) is 0 Å². The number of nitrogens with zero attached hydrogens (tertiary/aromatic N) is 4. The van der Waals surface area contributed by atoms with Gasteiger partial charge in [-0.1, -0.05) is 12.1 Å². The normalized spacial score (nSPS) is 16.3. The molecule has 1 aromatic carbocycles. The Hall–Kier alpha value is -2.08. The average Bonchev–Trinajstić information content (AvgIpc) is 3.24. The van der Waals surface area contributed by atoms with Gasteiger partial charge in [-0.15, -0.1) is 0 Å². The number of carbonyl (C=O) groups excluding carboxylic acids is 1. The van der Waals surface area contributed by atoms with E-state index in [1.165, 1.54) is 25.9 Å². The van der Waals surface area contributed by atoms with Gasteiger partial charge < -0.3 is 19.7 Å². The van der Waals surface area contributed by atoms with Crippen molar-refractivity contribution in [3.63, 3.8) is 0 Å². The molecule has 0 unspecified atom stereocenters. The van der Waals surface area contributed by atoms with Gasteiger partial charge in [0.2, 0.25) is 0 Å². The van der Waals surface area contributed by atoms with Gasteiger partial charge in [-0.05, 0) is 51.4 Å². The van der Waals surface area contributed by atoms with Crippen LogP contribution in [0.15, 0.2) is 24.3 Å². The maximum Gasteiger partial charge on any atom is 0.317 e. The highest BCUT2D eigenvalue weighted by molar-refractivity contribution is 5.76. The van der Waals surface area contributed by atoms with Crippen LogP contribution in [0.25, 0.3) is 11.0 Å². The molecule has 1 fully saturated rings. The van der Waals surface area contributed by atoms with Gasteiger partial charge in [0, 0.05) is 26.7 Å². The molecule has 1 atom stereocenters. The predicted octanol–water partition coefficient (Wildman–Crippen LogP) is 2.59. The molecule has 6 nitrogen and oxygen atoms in total. The van der Waals surface area contributed by atoms with E-state index in [9.17, 15) is 4.79 Å². The van der Waals surface area contributed by atoms with Gasteiger partial charge in [0.25, 0.3) is 0 Å². The Morgan fingerprint density at radius 3 is 2.76 bits per heavy atom. The Bertz CT molecular complexity index is 720. The van der Waals surface area contributed by atoms with Crippen LogP contribution in [0.4, 0.5) is 4.79 Å². The molecule has 0 spiro atoms. The fraction of sp³-hybridized carbons (Fsp3) is 0.579. The number of amides is 2. The minimum Gasteiger partial charge on any atom is -0.338 e. The highest BCUT2D eigenvalue weighted by atomic mass is 16.2. The zero-order chi connectivity index (χ0) is 17.8. The first kappa shape index (κ1) is 17.7. The summed E-state index contributed by atoms with van der Waals surface area (Å²) in [7, 11) is 3.81. The highest BCUT2D eigenvalue weighted by Gasteiger charge is 2.18. The second-order valence-electron chi connectivity index (χ2n) is 7.04. The first-order valence-corrected chi connectivity index (χ1v) is 9.19. The van der Waals surface area contributed by atoms with Gasteiger partial charge in [-0.3, -0.25) is 0 Å². The molecule has 136 valence electrons. The highest BCUT2D eigenvalue weighted by Crippen LogP contribution is 2.15. The van der Waals surface area contributed by atoms with Crippen LogP contribution in [-0.4, -0.2) is 58.1 Å². The topological polar surface area (TPSA) is 53.4 Å². The van der Waals surface area contributed by atoms with Crippen molar-refractivity contribution in [3.8, 4) is 0 Å². The molecular weight excluding hydrogens is 314 g/mol. The quantitative estimate of drug-likeness (QED) is 0.877. The maximum absolute atomic E-state index is 12.3. The molecule has 0 radical (unpaired) electrons. The molecule has 6 heteroatoms. The summed E-state index contributed by atoms with van der Waals surface area (Å²) in [6.07, 6.45) is 3.60. The van der Waals surface area contributed by atoms with Gasteiger partial charge in [-0.25, -0.2) is 9.78 Å². The number of aromatic nitrogens is 2. The lowest BCUT2D eigenvalue weighted by Crippen LogP contribution is -2.40. The summed E-state index contributed by atoms with van der Waals surface area (Å²) in [5.74, 6) is 0.893. The summed E-state index contributed by atoms with van der Waals surface area (Å²) in [5, 5.41) is 3.03. The van der Waals surface area contributed by atoms with E-state index in [2.05, 4.69) is 26.7 Å². The van der Waals surface area contributed by atoms with E-state index in [1.807, 2.05) is 38.4 Å². The van der Waals surface area contributed by atoms with Crippen molar-refractivity contribution in [2.75, 3.05) is 26.7 Å². The van der Waals surface area contributed by atoms with Crippen molar-refractivity contribution in [1.29, 1.82) is 0 Å². The van der Waals surface area contributed by atoms with Gasteiger partial charge >= 0.3 is 6.03 Å². The summed E-state index contributed by atoms with van der Waals surface area (Å²) in [4.78, 5) is 21.2. The summed E-state index contributed by atoms with van der Waals surface area (Å²) in [6, 6.07) is 8.53. The van der Waals surface area contributed by atoms with E-state index in [4.69, 9.17) is 0 Å². The van der Waals surface area contributed by atoms with E-state index in [0.29, 0.717) is 19.1 Å². The van der Waals surface area contributed by atoms with Crippen LogP contribution in [0.2, 0.25) is 0 Å². The summed E-state index contributed by atoms with van der Waals surface area (Å²) < 4.78 is 2.05. The minimum atomic E-state index is -0.0410. The Morgan fingerprint density at radius 2 is 2.04 bits per heavy atom. The van der Waals surface area contributed by atoms with Crippen molar-refractivity contribution in [2.24, 2.45) is 7.05 Å². The second-order valence-corrected chi connectivity index (χ2v) is 7.04. The molecule has 1 saturated heterocycles. The number of aryl methyl sites for hydroxylation is 1. The molecule has 2 heterocycles. The Balaban J connectivity index is 1.49. The fourth-order valence-electron chi connectivity index (χ4n) is 3.51. The van der Waals surface area contributed by atoms with Crippen LogP contribution < -0.4 is 5.32 Å². The summed E-state index contributed by atoms with van der Waals surface area (Å²) in [5.41, 5.74) is 2.05. The number of para-hydroxylation sites is 2. The van der Waals surface area contributed by atoms with Crippen molar-refractivity contribution in [2.45, 2.75) is 38.8 Å². The minimum absolute atomic E-state index is 0.0410. The van der Waals surface area contributed by atoms with Gasteiger partial charge in [0.15, 0.2) is 0 Å². The number of carbonyl (C=O) groups is 1. The largest absolute Gasteiger partial charge is 0.338 e. The molecule has 25 heavy (non-hydrogen) atoms. The number of hydrogen-bond donors (Lipinski definition) is 1. The Morgan fingerprint density at radius 1 is 1.32 bits per heavy atom. The third kappa shape index (κ3) is 4.12. The molecule has 1 N–H and O–H groups in total. The Labute approximate surface area is 149 Å². The van der Waals surface area contributed by atoms with Gasteiger partial charge in [-0.2, -0.15) is 0 Å². The molecule has 0 aliphatic carbocycles. The fourth-order valence-corrected chi connectivity index (χ4v) is 3.51. The van der Waals surface area contributed by atoms with Crippen molar-refractivity contribution in [1.82, 2.24) is 24.7 Å². The number of rotatable bonds is 6. The molecule has 0 bridgehead atoms. The van der Waals surface area contributed by atoms with Crippen LogP contribution in [0.5, 0.6) is 0 Å². The molecule has 1 aliphatic rings. The zero-order valence-electron chi connectivity index (χ0n) is 15.5. The first-order chi connectivity index (χ1) is 12.1. The van der Waals surface area contributed by atoms with E-state index in [-0.39, 0.29) is 6.03 Å². The smallest absolute Gasteiger partial charge is 0.317 e. The second kappa shape index (κ2) is 7.87. The molecular formula is C19H29N5O. The lowest BCUT2D eigenvalue weighted by molar-refractivity contribution is 0.201. The molecule has 1 aromatic heterocycles. The maximum atomic E-state index is 12.3. The third-order valence-electron chi connectivity index (χ3n) is 5.21. The molecule has 3 rings (SSSR count). The molecule has 1 aliphatic heterocycles. The van der Waals surface area contributed by atoms with E-state index in [0.717, 1.165) is 23.3 Å². The summed E-state index contributed by atoms with van der Waals surface area (Å²) in [6.45, 7) is 5.85. The Kier molecular flexibility index (Phi) is 5.58. The van der Waals surface area contributed by atoms with Crippen LogP contribution >= 0.6 is 0 Å². The first-order valence-electron chi connectivity index (χ1n) is 9.19. The molecule has 0 saturated carbocycles. The SMILES string of the molecule is C[C@H](CCNC(=O)N(C)Cc1nc2ccccc2n1C)N1CCCC1. The van der Waals surface area contributed by atoms with E-state index < -0.39 is 0 Å². The lowest BCUT2D eigenvalue weighted by Gasteiger charge is -2.24. The standard InChI is InChI=1S/C19H29N5O/c1-15(24-12-6-7-13-24)10-11-20-19(25)22(2)14-18-21-16-8-4-5-9-17(16)23(18)3/h4-5,8-9,15H,6-7,10-14H2,1-3H3,(H,20,25)/t15-/m1/s1. The third-order valence-corrected chi connectivity index (χ3v) is 5.21. The van der Waals surface area contributed by atoms with Crippen LogP contribution in [-0.2, 0) is 13.6 Å². The molecule has 2 amide bonds. The zero-order valence-corrected chi connectivity index (χ0v) is 15.5. The number of urea groups is 1. The lowest BCUT2D eigenvalue weighted by atomic mass is 10.2. The average molecular weight is 343 g/mol. The number of benzene rings is 1. The predicted molar refractivity (Wildman–Crippen MR) is 100 cm³/mol. The van der Waals surface area contributed by atoms with E-state index in [1.54, 1.807) is 4.90 Å². The van der Waals surface area contributed by atoms with Crippen molar-refractivity contribution in [3.05, 3.63) is 30.1 Å². The van der Waals surface area contributed by atoms with Crippen molar-refractivity contribution < 1.29 is 4.79 Å². The number of hydrogen-bond acceptors (Lipinski definition) is 3. The number of likely N-dealkylation sites (tertiary alicyclic amines) is 1. The monoisotopic (exact) mass is 343 g/mol. The number of nitrogens with one attached hydrogen (secondary N) is 1. The van der Waals surface area contributed by atoms with Crippen LogP contribution in [0, 0.1) is 0 Å². The summed E-state index contributed by atoms with van der Waals surface area (Å²) >= 11 is 0. The molecule has 2 aromatic rings. The van der Waals surface area contributed by atoms with Crippen LogP contribution in [0.1, 0.15) is 32.0 Å². The number of fused-ring (bicyclic) bond motifs is 1. The van der Waals surface area contributed by atoms with Gasteiger partial charge in [0.1, 0.15) is 5.82 Å². The van der Waals surface area contributed by atoms with Gasteiger partial charge in [0.05, 0.1) is 17.6 Å².